The van der Waals surface area contributed by atoms with Crippen LogP contribution in [0.5, 0.6) is 0 Å². The van der Waals surface area contributed by atoms with Crippen molar-refractivity contribution in [3.05, 3.63) is 236 Å². The number of aromatic nitrogens is 3. The first-order chi connectivity index (χ1) is 32.6. The summed E-state index contributed by atoms with van der Waals surface area (Å²) in [6.07, 6.45) is 0. The Balaban J connectivity index is 0.944. The molecule has 11 aromatic rings. The predicted molar refractivity (Wildman–Crippen MR) is 268 cm³/mol. The number of hydrogen-bond donors (Lipinski definition) is 0. The van der Waals surface area contributed by atoms with E-state index in [0.29, 0.717) is 28.6 Å². The normalized spacial score (nSPS) is 11.0. The molecule has 5 heteroatoms. The summed E-state index contributed by atoms with van der Waals surface area (Å²) in [6, 6.07) is 81.2. The van der Waals surface area contributed by atoms with E-state index in [9.17, 15) is 10.5 Å². The van der Waals surface area contributed by atoms with Crippen molar-refractivity contribution in [2.75, 3.05) is 0 Å². The summed E-state index contributed by atoms with van der Waals surface area (Å²) >= 11 is 0. The van der Waals surface area contributed by atoms with Gasteiger partial charge in [0.1, 0.15) is 0 Å². The van der Waals surface area contributed by atoms with Crippen molar-refractivity contribution < 1.29 is 0 Å². The maximum atomic E-state index is 10.2. The van der Waals surface area contributed by atoms with Gasteiger partial charge in [0.25, 0.3) is 0 Å². The van der Waals surface area contributed by atoms with Crippen LogP contribution in [0, 0.1) is 22.7 Å². The molecule has 0 saturated heterocycles. The molecule has 0 aliphatic carbocycles. The van der Waals surface area contributed by atoms with Crippen molar-refractivity contribution in [2.24, 2.45) is 0 Å². The average Bonchev–Trinajstić information content (AvgIpc) is 3.40. The molecule has 5 nitrogen and oxygen atoms in total. The monoisotopic (exact) mass is 839 g/mol. The average molecular weight is 840 g/mol. The zero-order chi connectivity index (χ0) is 44.4. The lowest BCUT2D eigenvalue weighted by molar-refractivity contribution is 1.07. The molecule has 306 valence electrons. The van der Waals surface area contributed by atoms with Gasteiger partial charge in [0.15, 0.2) is 17.5 Å². The maximum absolute atomic E-state index is 10.2. The largest absolute Gasteiger partial charge is 0.208 e. The number of rotatable bonds is 8. The van der Waals surface area contributed by atoms with Gasteiger partial charge in [-0.25, -0.2) is 15.0 Å². The third-order valence-electron chi connectivity index (χ3n) is 12.2. The number of nitriles is 2. The first kappa shape index (κ1) is 39.5. The zero-order valence-corrected chi connectivity index (χ0v) is 35.6. The third-order valence-corrected chi connectivity index (χ3v) is 12.2. The first-order valence-corrected chi connectivity index (χ1v) is 21.8. The van der Waals surface area contributed by atoms with Crippen molar-refractivity contribution in [2.45, 2.75) is 0 Å². The molecular formula is C61H37N5. The van der Waals surface area contributed by atoms with Crippen molar-refractivity contribution in [3.8, 4) is 102 Å². The minimum Gasteiger partial charge on any atom is -0.208 e. The molecule has 0 N–H and O–H groups in total. The molecule has 10 aromatic carbocycles. The topological polar surface area (TPSA) is 86.2 Å². The van der Waals surface area contributed by atoms with Crippen LogP contribution < -0.4 is 0 Å². The van der Waals surface area contributed by atoms with Gasteiger partial charge >= 0.3 is 0 Å². The fourth-order valence-electron chi connectivity index (χ4n) is 8.83. The molecule has 1 aromatic heterocycles. The molecule has 0 aliphatic rings. The van der Waals surface area contributed by atoms with Crippen LogP contribution in [0.3, 0.4) is 0 Å². The molecule has 0 radical (unpaired) electrons. The summed E-state index contributed by atoms with van der Waals surface area (Å²) in [5.41, 5.74) is 13.8. The Labute approximate surface area is 382 Å². The summed E-state index contributed by atoms with van der Waals surface area (Å²) in [6.45, 7) is 0. The Bertz CT molecular complexity index is 3710. The molecule has 11 rings (SSSR count). The van der Waals surface area contributed by atoms with Crippen LogP contribution in [-0.4, -0.2) is 15.0 Å². The van der Waals surface area contributed by atoms with Gasteiger partial charge < -0.3 is 0 Å². The lowest BCUT2D eigenvalue weighted by atomic mass is 9.90. The van der Waals surface area contributed by atoms with E-state index in [1.165, 1.54) is 21.5 Å². The highest BCUT2D eigenvalue weighted by atomic mass is 15.0. The molecule has 66 heavy (non-hydrogen) atoms. The van der Waals surface area contributed by atoms with Gasteiger partial charge in [-0.15, -0.1) is 0 Å². The van der Waals surface area contributed by atoms with Gasteiger partial charge in [0.2, 0.25) is 0 Å². The quantitative estimate of drug-likeness (QED) is 0.142. The fraction of sp³-hybridized carbons (Fsp3) is 0. The van der Waals surface area contributed by atoms with Gasteiger partial charge in [-0.1, -0.05) is 188 Å². The Hall–Kier alpha value is -9.29. The van der Waals surface area contributed by atoms with E-state index >= 15 is 0 Å². The minimum atomic E-state index is 0.481. The number of nitrogens with zero attached hydrogens (tertiary/aromatic N) is 5. The van der Waals surface area contributed by atoms with Crippen LogP contribution in [0.15, 0.2) is 224 Å². The van der Waals surface area contributed by atoms with Crippen LogP contribution in [-0.2, 0) is 0 Å². The molecule has 0 unspecified atom stereocenters. The number of fused-ring (bicyclic) bond motifs is 3. The fourth-order valence-corrected chi connectivity index (χ4v) is 8.83. The van der Waals surface area contributed by atoms with E-state index in [1.807, 2.05) is 109 Å². The Morgan fingerprint density at radius 1 is 0.273 bits per heavy atom. The highest BCUT2D eigenvalue weighted by Crippen LogP contribution is 2.38. The number of benzene rings is 10. The predicted octanol–water partition coefficient (Wildman–Crippen LogP) is 15.3. The molecule has 0 atom stereocenters. The summed E-state index contributed by atoms with van der Waals surface area (Å²) < 4.78 is 0. The van der Waals surface area contributed by atoms with E-state index in [0.717, 1.165) is 72.3 Å². The Morgan fingerprint density at radius 3 is 1.47 bits per heavy atom. The summed E-state index contributed by atoms with van der Waals surface area (Å²) in [5, 5.41) is 25.2. The van der Waals surface area contributed by atoms with E-state index in [1.54, 1.807) is 0 Å². The summed E-state index contributed by atoms with van der Waals surface area (Å²) in [5.74, 6) is 1.55. The lowest BCUT2D eigenvalue weighted by Crippen LogP contribution is -2.00. The standard InChI is InChI=1S/C61H37N5/c62-38-40-21-31-56(57(33-40)44-24-22-41(23-25-44)49-29-28-45-27-26-43-13-7-8-20-55(43)58(45)37-49)50-18-9-16-47(34-50)48-17-10-19-51(35-48)60-64-59(46-14-5-2-6-15-46)65-61(66-60)52-30-32-54(53(36-52)39-63)42-11-3-1-4-12-42/h1-37H. The molecule has 0 aliphatic heterocycles. The summed E-state index contributed by atoms with van der Waals surface area (Å²) in [4.78, 5) is 15.0. The van der Waals surface area contributed by atoms with Gasteiger partial charge in [-0.3, -0.25) is 0 Å². The van der Waals surface area contributed by atoms with Crippen molar-refractivity contribution >= 4 is 21.5 Å². The summed E-state index contributed by atoms with van der Waals surface area (Å²) in [7, 11) is 0. The van der Waals surface area contributed by atoms with Gasteiger partial charge in [-0.05, 0) is 114 Å². The minimum absolute atomic E-state index is 0.481. The highest BCUT2D eigenvalue weighted by molar-refractivity contribution is 6.08. The molecule has 0 spiro atoms. The molecular weight excluding hydrogens is 803 g/mol. The third kappa shape index (κ3) is 7.64. The lowest BCUT2D eigenvalue weighted by Gasteiger charge is -2.14. The van der Waals surface area contributed by atoms with Crippen molar-refractivity contribution in [1.29, 1.82) is 10.5 Å². The molecule has 0 amide bonds. The SMILES string of the molecule is N#Cc1ccc(-c2cccc(-c3cccc(-c4nc(-c5ccccc5)nc(-c5ccc(-c6ccccc6)c(C#N)c5)n4)c3)c2)c(-c2ccc(-c3ccc4ccc5ccccc5c4c3)cc2)c1. The van der Waals surface area contributed by atoms with Gasteiger partial charge in [-0.2, -0.15) is 10.5 Å². The van der Waals surface area contributed by atoms with Crippen LogP contribution >= 0.6 is 0 Å². The first-order valence-electron chi connectivity index (χ1n) is 21.8. The second-order valence-electron chi connectivity index (χ2n) is 16.2. The van der Waals surface area contributed by atoms with E-state index in [2.05, 4.69) is 127 Å². The van der Waals surface area contributed by atoms with Crippen molar-refractivity contribution in [1.82, 2.24) is 15.0 Å². The smallest absolute Gasteiger partial charge is 0.164 e. The van der Waals surface area contributed by atoms with Crippen molar-refractivity contribution in [3.63, 3.8) is 0 Å². The van der Waals surface area contributed by atoms with E-state index in [4.69, 9.17) is 15.0 Å². The van der Waals surface area contributed by atoms with Crippen LogP contribution in [0.4, 0.5) is 0 Å². The highest BCUT2D eigenvalue weighted by Gasteiger charge is 2.16. The Kier molecular flexibility index (Phi) is 10.3. The van der Waals surface area contributed by atoms with Gasteiger partial charge in [0.05, 0.1) is 23.3 Å². The Morgan fingerprint density at radius 2 is 0.758 bits per heavy atom. The van der Waals surface area contributed by atoms with E-state index < -0.39 is 0 Å². The zero-order valence-electron chi connectivity index (χ0n) is 35.6. The maximum Gasteiger partial charge on any atom is 0.164 e. The van der Waals surface area contributed by atoms with Crippen LogP contribution in [0.25, 0.3) is 111 Å². The van der Waals surface area contributed by atoms with E-state index in [-0.39, 0.29) is 0 Å². The molecule has 0 fully saturated rings. The molecule has 1 heterocycles. The van der Waals surface area contributed by atoms with Gasteiger partial charge in [0, 0.05) is 16.7 Å². The molecule has 0 bridgehead atoms. The second kappa shape index (κ2) is 17.1. The number of hydrogen-bond acceptors (Lipinski definition) is 5. The van der Waals surface area contributed by atoms with Crippen LogP contribution in [0.1, 0.15) is 11.1 Å². The molecule has 0 saturated carbocycles. The van der Waals surface area contributed by atoms with Crippen LogP contribution in [0.2, 0.25) is 0 Å². The second-order valence-corrected chi connectivity index (χ2v) is 16.2.